The summed E-state index contributed by atoms with van der Waals surface area (Å²) < 4.78 is 0. The van der Waals surface area contributed by atoms with Gasteiger partial charge < -0.3 is 19.8 Å². The number of likely N-dealkylation sites (tertiary alicyclic amines) is 1. The van der Waals surface area contributed by atoms with E-state index in [-0.39, 0.29) is 24.5 Å². The highest BCUT2D eigenvalue weighted by Gasteiger charge is 2.31. The van der Waals surface area contributed by atoms with Crippen molar-refractivity contribution in [1.29, 1.82) is 0 Å². The van der Waals surface area contributed by atoms with Gasteiger partial charge in [0.05, 0.1) is 12.5 Å². The Hall–Kier alpha value is -2.08. The summed E-state index contributed by atoms with van der Waals surface area (Å²) in [5.41, 5.74) is 2.22. The number of hydrogen-bond acceptors (Lipinski definition) is 3. The summed E-state index contributed by atoms with van der Waals surface area (Å²) in [5, 5.41) is 9.35. The number of carbonyl (C=O) groups is 2. The molecule has 0 radical (unpaired) electrons. The second-order valence-corrected chi connectivity index (χ2v) is 6.93. The Bertz CT molecular complexity index is 586. The maximum Gasteiger partial charge on any atom is 0.319 e. The fraction of sp³-hybridized carbons (Fsp3) is 0.579. The van der Waals surface area contributed by atoms with Crippen LogP contribution in [0, 0.1) is 12.8 Å². The molecule has 3 amide bonds. The Labute approximate surface area is 150 Å². The number of carbonyl (C=O) groups excluding carboxylic acids is 2. The molecule has 1 aliphatic heterocycles. The third-order valence-electron chi connectivity index (χ3n) is 4.60. The van der Waals surface area contributed by atoms with Crippen molar-refractivity contribution in [2.45, 2.75) is 26.3 Å². The molecule has 6 heteroatoms. The number of nitrogens with zero attached hydrogens (tertiary/aromatic N) is 3. The lowest BCUT2D eigenvalue weighted by atomic mass is 9.96. The first-order chi connectivity index (χ1) is 11.9. The average Bonchev–Trinajstić information content (AvgIpc) is 2.62. The third kappa shape index (κ3) is 5.19. The lowest BCUT2D eigenvalue weighted by Gasteiger charge is -2.36. The molecule has 1 N–H and O–H groups in total. The smallest absolute Gasteiger partial charge is 0.319 e. The molecule has 1 aromatic carbocycles. The van der Waals surface area contributed by atoms with E-state index in [9.17, 15) is 14.7 Å². The van der Waals surface area contributed by atoms with Crippen molar-refractivity contribution in [1.82, 2.24) is 14.7 Å². The fourth-order valence-electron chi connectivity index (χ4n) is 3.20. The van der Waals surface area contributed by atoms with Crippen LogP contribution in [0.3, 0.4) is 0 Å². The highest BCUT2D eigenvalue weighted by Crippen LogP contribution is 2.21. The van der Waals surface area contributed by atoms with Crippen molar-refractivity contribution in [3.63, 3.8) is 0 Å². The summed E-state index contributed by atoms with van der Waals surface area (Å²) in [6, 6.07) is 8.01. The number of hydrogen-bond donors (Lipinski definition) is 1. The zero-order valence-corrected chi connectivity index (χ0v) is 15.4. The highest BCUT2D eigenvalue weighted by molar-refractivity contribution is 5.81. The molecule has 1 atom stereocenters. The molecule has 1 unspecified atom stereocenters. The average molecular weight is 347 g/mol. The predicted octanol–water partition coefficient (Wildman–Crippen LogP) is 1.71. The zero-order chi connectivity index (χ0) is 18.4. The van der Waals surface area contributed by atoms with Crippen molar-refractivity contribution in [2.24, 2.45) is 5.92 Å². The minimum absolute atomic E-state index is 0.0193. The van der Waals surface area contributed by atoms with Crippen LogP contribution in [0.15, 0.2) is 24.3 Å². The van der Waals surface area contributed by atoms with Gasteiger partial charge in [0.1, 0.15) is 0 Å². The highest BCUT2D eigenvalue weighted by atomic mass is 16.3. The summed E-state index contributed by atoms with van der Waals surface area (Å²) in [6.45, 7) is 3.90. The molecule has 138 valence electrons. The van der Waals surface area contributed by atoms with Gasteiger partial charge >= 0.3 is 6.03 Å². The summed E-state index contributed by atoms with van der Waals surface area (Å²) in [6.07, 6.45) is 1.61. The molecule has 0 bridgehead atoms. The van der Waals surface area contributed by atoms with E-state index in [4.69, 9.17) is 0 Å². The summed E-state index contributed by atoms with van der Waals surface area (Å²) in [4.78, 5) is 30.1. The Balaban J connectivity index is 2.05. The second kappa shape index (κ2) is 8.85. The van der Waals surface area contributed by atoms with Crippen molar-refractivity contribution in [2.75, 3.05) is 40.3 Å². The Morgan fingerprint density at radius 2 is 1.92 bits per heavy atom. The van der Waals surface area contributed by atoms with Gasteiger partial charge in [0.2, 0.25) is 5.91 Å². The van der Waals surface area contributed by atoms with Crippen LogP contribution >= 0.6 is 0 Å². The molecule has 0 aliphatic carbocycles. The molecule has 1 saturated heterocycles. The molecule has 25 heavy (non-hydrogen) atoms. The van der Waals surface area contributed by atoms with Gasteiger partial charge in [-0.05, 0) is 25.3 Å². The monoisotopic (exact) mass is 347 g/mol. The Morgan fingerprint density at radius 1 is 1.24 bits per heavy atom. The van der Waals surface area contributed by atoms with Crippen LogP contribution in [0.1, 0.15) is 24.0 Å². The number of aliphatic hydroxyl groups is 1. The van der Waals surface area contributed by atoms with Gasteiger partial charge in [-0.3, -0.25) is 4.79 Å². The molecule has 1 aromatic rings. The largest absolute Gasteiger partial charge is 0.395 e. The number of rotatable bonds is 5. The van der Waals surface area contributed by atoms with Crippen molar-refractivity contribution >= 4 is 11.9 Å². The predicted molar refractivity (Wildman–Crippen MR) is 97.1 cm³/mol. The normalized spacial score (nSPS) is 17.3. The first-order valence-electron chi connectivity index (χ1n) is 8.83. The molecule has 0 aromatic heterocycles. The lowest BCUT2D eigenvalue weighted by Crippen LogP contribution is -2.49. The van der Waals surface area contributed by atoms with Crippen LogP contribution < -0.4 is 0 Å². The maximum atomic E-state index is 13.0. The molecule has 1 fully saturated rings. The van der Waals surface area contributed by atoms with Crippen LogP contribution in [0.25, 0.3) is 0 Å². The van der Waals surface area contributed by atoms with E-state index in [1.165, 1.54) is 5.56 Å². The van der Waals surface area contributed by atoms with Crippen LogP contribution in [0.4, 0.5) is 4.79 Å². The third-order valence-corrected chi connectivity index (χ3v) is 4.60. The van der Waals surface area contributed by atoms with Crippen LogP contribution in [-0.2, 0) is 11.3 Å². The van der Waals surface area contributed by atoms with E-state index in [1.54, 1.807) is 28.8 Å². The minimum atomic E-state index is -0.199. The first-order valence-corrected chi connectivity index (χ1v) is 8.83. The van der Waals surface area contributed by atoms with Crippen LogP contribution in [0.2, 0.25) is 0 Å². The van der Waals surface area contributed by atoms with Crippen molar-refractivity contribution in [3.05, 3.63) is 35.4 Å². The number of amides is 3. The number of piperidine rings is 1. The molecule has 0 saturated carbocycles. The quantitative estimate of drug-likeness (QED) is 0.882. The molecule has 1 aliphatic rings. The van der Waals surface area contributed by atoms with Gasteiger partial charge in [-0.2, -0.15) is 0 Å². The number of benzene rings is 1. The van der Waals surface area contributed by atoms with Gasteiger partial charge in [0, 0.05) is 40.3 Å². The Kier molecular flexibility index (Phi) is 6.82. The molecular formula is C19H29N3O3. The molecule has 0 spiro atoms. The Morgan fingerprint density at radius 3 is 2.52 bits per heavy atom. The fourth-order valence-corrected chi connectivity index (χ4v) is 3.20. The lowest BCUT2D eigenvalue weighted by molar-refractivity contribution is -0.138. The summed E-state index contributed by atoms with van der Waals surface area (Å²) in [7, 11) is 3.45. The standard InChI is InChI=1S/C19H29N3O3/c1-15-6-8-16(9-7-15)13-21(11-12-23)18(24)17-5-4-10-22(14-17)19(25)20(2)3/h6-9,17,23H,4-5,10-14H2,1-3H3. The second-order valence-electron chi connectivity index (χ2n) is 6.93. The van der Waals surface area contributed by atoms with Crippen molar-refractivity contribution < 1.29 is 14.7 Å². The molecule has 1 heterocycles. The van der Waals surface area contributed by atoms with E-state index in [0.29, 0.717) is 26.2 Å². The van der Waals surface area contributed by atoms with Gasteiger partial charge in [-0.25, -0.2) is 4.79 Å². The van der Waals surface area contributed by atoms with E-state index < -0.39 is 0 Å². The summed E-state index contributed by atoms with van der Waals surface area (Å²) in [5.74, 6) is -0.180. The van der Waals surface area contributed by atoms with Crippen LogP contribution in [-0.4, -0.2) is 72.1 Å². The number of aliphatic hydroxyl groups excluding tert-OH is 1. The van der Waals surface area contributed by atoms with E-state index >= 15 is 0 Å². The number of urea groups is 1. The first kappa shape index (κ1) is 19.2. The minimum Gasteiger partial charge on any atom is -0.395 e. The summed E-state index contributed by atoms with van der Waals surface area (Å²) >= 11 is 0. The van der Waals surface area contributed by atoms with Gasteiger partial charge in [-0.15, -0.1) is 0 Å². The van der Waals surface area contributed by atoms with Crippen molar-refractivity contribution in [3.8, 4) is 0 Å². The molecule has 6 nitrogen and oxygen atoms in total. The zero-order valence-electron chi connectivity index (χ0n) is 15.4. The topological polar surface area (TPSA) is 64.1 Å². The SMILES string of the molecule is Cc1ccc(CN(CCO)C(=O)C2CCCN(C(=O)N(C)C)C2)cc1. The van der Waals surface area contributed by atoms with Gasteiger partial charge in [-0.1, -0.05) is 29.8 Å². The van der Waals surface area contributed by atoms with Gasteiger partial charge in [0.15, 0.2) is 0 Å². The van der Waals surface area contributed by atoms with Gasteiger partial charge in [0.25, 0.3) is 0 Å². The van der Waals surface area contributed by atoms with E-state index in [0.717, 1.165) is 18.4 Å². The van der Waals surface area contributed by atoms with E-state index in [1.807, 2.05) is 31.2 Å². The number of aryl methyl sites for hydroxylation is 1. The van der Waals surface area contributed by atoms with Crippen LogP contribution in [0.5, 0.6) is 0 Å². The maximum absolute atomic E-state index is 13.0. The molecule has 2 rings (SSSR count). The van der Waals surface area contributed by atoms with E-state index in [2.05, 4.69) is 0 Å². The molecular weight excluding hydrogens is 318 g/mol.